The Bertz CT molecular complexity index is 618. The highest BCUT2D eigenvalue weighted by molar-refractivity contribution is 7.90. The molecule has 1 aromatic carbocycles. The van der Waals surface area contributed by atoms with E-state index in [0.29, 0.717) is 5.56 Å². The van der Waals surface area contributed by atoms with Crippen LogP contribution in [0.5, 0.6) is 0 Å². The number of aliphatic hydroxyl groups is 1. The molecule has 0 amide bonds. The number of hydrogen-bond acceptors (Lipinski definition) is 3. The quantitative estimate of drug-likeness (QED) is 0.712. The lowest BCUT2D eigenvalue weighted by molar-refractivity contribution is 0.350. The first kappa shape index (κ1) is 16.4. The van der Waals surface area contributed by atoms with Crippen molar-refractivity contribution >= 4 is 15.9 Å². The molecule has 0 aliphatic carbocycles. The van der Waals surface area contributed by atoms with Gasteiger partial charge in [-0.2, -0.15) is 13.1 Å². The molecule has 0 atom stereocenters. The van der Waals surface area contributed by atoms with Gasteiger partial charge in [-0.3, -0.25) is 4.72 Å². The summed E-state index contributed by atoms with van der Waals surface area (Å²) in [6.07, 6.45) is 0. The van der Waals surface area contributed by atoms with Gasteiger partial charge in [-0.15, -0.1) is 0 Å². The van der Waals surface area contributed by atoms with E-state index < -0.39 is 16.0 Å². The maximum absolute atomic E-state index is 13.7. The zero-order chi connectivity index (χ0) is 15.2. The van der Waals surface area contributed by atoms with Crippen LogP contribution in [0.3, 0.4) is 0 Å². The van der Waals surface area contributed by atoms with Crippen LogP contribution in [0, 0.1) is 23.6 Å². The molecule has 0 spiro atoms. The predicted octanol–water partition coefficient (Wildman–Crippen LogP) is 1.07. The molecule has 110 valence electrons. The number of nitrogens with one attached hydrogen (secondary N) is 2. The lowest BCUT2D eigenvalue weighted by Gasteiger charge is -2.11. The molecular formula is C13H17FN2O3S. The Morgan fingerprint density at radius 1 is 1.40 bits per heavy atom. The summed E-state index contributed by atoms with van der Waals surface area (Å²) >= 11 is 0. The zero-order valence-corrected chi connectivity index (χ0v) is 12.1. The minimum absolute atomic E-state index is 0.146. The number of rotatable bonds is 5. The van der Waals surface area contributed by atoms with Gasteiger partial charge in [-0.1, -0.05) is 25.7 Å². The van der Waals surface area contributed by atoms with E-state index in [1.54, 1.807) is 0 Å². The van der Waals surface area contributed by atoms with E-state index in [9.17, 15) is 12.8 Å². The lowest BCUT2D eigenvalue weighted by atomic mass is 10.2. The Labute approximate surface area is 118 Å². The maximum atomic E-state index is 13.7. The van der Waals surface area contributed by atoms with E-state index in [-0.39, 0.29) is 24.8 Å². The Hall–Kier alpha value is -1.62. The number of aliphatic hydroxyl groups excluding tert-OH is 1. The third kappa shape index (κ3) is 5.57. The van der Waals surface area contributed by atoms with Crippen molar-refractivity contribution in [3.05, 3.63) is 29.6 Å². The topological polar surface area (TPSA) is 78.4 Å². The standard InChI is InChI=1S/C13H17FN2O3S/c1-10(2)9-15-20(18,19)16-13-6-5-11(4-3-7-17)8-12(13)14/h5-6,8,10,15-17H,7,9H2,1-2H3. The van der Waals surface area contributed by atoms with Crippen molar-refractivity contribution < 1.29 is 17.9 Å². The summed E-state index contributed by atoms with van der Waals surface area (Å²) in [4.78, 5) is 0. The van der Waals surface area contributed by atoms with Crippen LogP contribution >= 0.6 is 0 Å². The Kier molecular flexibility index (Phi) is 5.95. The predicted molar refractivity (Wildman–Crippen MR) is 75.7 cm³/mol. The Morgan fingerprint density at radius 3 is 2.65 bits per heavy atom. The third-order valence-corrected chi connectivity index (χ3v) is 3.24. The molecule has 1 rings (SSSR count). The van der Waals surface area contributed by atoms with Crippen molar-refractivity contribution in [3.8, 4) is 11.8 Å². The molecule has 0 radical (unpaired) electrons. The monoisotopic (exact) mass is 300 g/mol. The molecule has 7 heteroatoms. The highest BCUT2D eigenvalue weighted by Gasteiger charge is 2.13. The fraction of sp³-hybridized carbons (Fsp3) is 0.385. The second kappa shape index (κ2) is 7.24. The summed E-state index contributed by atoms with van der Waals surface area (Å²) in [7, 11) is -3.80. The van der Waals surface area contributed by atoms with E-state index in [1.807, 2.05) is 13.8 Å². The lowest BCUT2D eigenvalue weighted by Crippen LogP contribution is -2.33. The van der Waals surface area contributed by atoms with Gasteiger partial charge >= 0.3 is 0 Å². The summed E-state index contributed by atoms with van der Waals surface area (Å²) in [6.45, 7) is 3.65. The SMILES string of the molecule is CC(C)CNS(=O)(=O)Nc1ccc(C#CCO)cc1F. The van der Waals surface area contributed by atoms with Gasteiger partial charge in [0.2, 0.25) is 0 Å². The summed E-state index contributed by atoms with van der Waals surface area (Å²) < 4.78 is 41.5. The van der Waals surface area contributed by atoms with Gasteiger partial charge in [0.15, 0.2) is 0 Å². The first-order valence-corrected chi connectivity index (χ1v) is 7.49. The van der Waals surface area contributed by atoms with E-state index in [1.165, 1.54) is 12.1 Å². The van der Waals surface area contributed by atoms with Crippen LogP contribution < -0.4 is 9.44 Å². The highest BCUT2D eigenvalue weighted by Crippen LogP contribution is 2.16. The normalized spacial score (nSPS) is 11.1. The molecule has 1 aromatic rings. The van der Waals surface area contributed by atoms with Gasteiger partial charge in [0.1, 0.15) is 12.4 Å². The van der Waals surface area contributed by atoms with E-state index >= 15 is 0 Å². The minimum atomic E-state index is -3.80. The summed E-state index contributed by atoms with van der Waals surface area (Å²) in [6, 6.07) is 3.85. The van der Waals surface area contributed by atoms with Crippen molar-refractivity contribution in [1.82, 2.24) is 4.72 Å². The zero-order valence-electron chi connectivity index (χ0n) is 11.3. The molecule has 0 aromatic heterocycles. The molecule has 20 heavy (non-hydrogen) atoms. The molecule has 5 nitrogen and oxygen atoms in total. The molecule has 0 aliphatic heterocycles. The molecule has 3 N–H and O–H groups in total. The van der Waals surface area contributed by atoms with Gasteiger partial charge in [0, 0.05) is 12.1 Å². The van der Waals surface area contributed by atoms with E-state index in [2.05, 4.69) is 21.3 Å². The second-order valence-electron chi connectivity index (χ2n) is 4.50. The summed E-state index contributed by atoms with van der Waals surface area (Å²) in [5, 5.41) is 8.54. The number of benzene rings is 1. The average molecular weight is 300 g/mol. The summed E-state index contributed by atoms with van der Waals surface area (Å²) in [5.74, 6) is 4.33. The first-order valence-electron chi connectivity index (χ1n) is 6.00. The van der Waals surface area contributed by atoms with Crippen LogP contribution in [-0.4, -0.2) is 26.7 Å². The third-order valence-electron chi connectivity index (χ3n) is 2.21. The number of hydrogen-bond donors (Lipinski definition) is 3. The maximum Gasteiger partial charge on any atom is 0.299 e. The van der Waals surface area contributed by atoms with Gasteiger partial charge in [0.25, 0.3) is 10.2 Å². The van der Waals surface area contributed by atoms with Gasteiger partial charge in [0.05, 0.1) is 5.69 Å². The second-order valence-corrected chi connectivity index (χ2v) is 6.00. The van der Waals surface area contributed by atoms with Crippen molar-refractivity contribution in [2.75, 3.05) is 17.9 Å². The molecule has 0 heterocycles. The molecule has 0 saturated carbocycles. The van der Waals surface area contributed by atoms with E-state index in [0.717, 1.165) is 6.07 Å². The van der Waals surface area contributed by atoms with E-state index in [4.69, 9.17) is 5.11 Å². The Morgan fingerprint density at radius 2 is 2.10 bits per heavy atom. The van der Waals surface area contributed by atoms with Crippen LogP contribution in [0.4, 0.5) is 10.1 Å². The van der Waals surface area contributed by atoms with Crippen molar-refractivity contribution in [2.45, 2.75) is 13.8 Å². The highest BCUT2D eigenvalue weighted by atomic mass is 32.2. The van der Waals surface area contributed by atoms with Crippen LogP contribution in [0.15, 0.2) is 18.2 Å². The molecule has 0 fully saturated rings. The van der Waals surface area contributed by atoms with Crippen LogP contribution in [-0.2, 0) is 10.2 Å². The van der Waals surface area contributed by atoms with Crippen LogP contribution in [0.25, 0.3) is 0 Å². The van der Waals surface area contributed by atoms with Crippen molar-refractivity contribution in [1.29, 1.82) is 0 Å². The molecule has 0 saturated heterocycles. The molecule has 0 bridgehead atoms. The van der Waals surface area contributed by atoms with Gasteiger partial charge in [-0.05, 0) is 24.1 Å². The van der Waals surface area contributed by atoms with Gasteiger partial charge < -0.3 is 5.11 Å². The largest absolute Gasteiger partial charge is 0.384 e. The smallest absolute Gasteiger partial charge is 0.299 e. The number of anilines is 1. The van der Waals surface area contributed by atoms with Gasteiger partial charge in [-0.25, -0.2) is 4.39 Å². The molecular weight excluding hydrogens is 283 g/mol. The summed E-state index contributed by atoms with van der Waals surface area (Å²) in [5.41, 5.74) is 0.199. The molecule has 0 unspecified atom stereocenters. The first-order chi connectivity index (χ1) is 9.34. The fourth-order valence-corrected chi connectivity index (χ4v) is 2.35. The number of halogens is 1. The van der Waals surface area contributed by atoms with Crippen LogP contribution in [0.2, 0.25) is 0 Å². The van der Waals surface area contributed by atoms with Crippen molar-refractivity contribution in [3.63, 3.8) is 0 Å². The van der Waals surface area contributed by atoms with Crippen LogP contribution in [0.1, 0.15) is 19.4 Å². The average Bonchev–Trinajstić information content (AvgIpc) is 2.37. The molecule has 0 aliphatic rings. The fourth-order valence-electron chi connectivity index (χ4n) is 1.27. The minimum Gasteiger partial charge on any atom is -0.384 e. The van der Waals surface area contributed by atoms with Crippen molar-refractivity contribution in [2.24, 2.45) is 5.92 Å². The Balaban J connectivity index is 2.83.